The molecule has 0 aliphatic rings. The highest BCUT2D eigenvalue weighted by Gasteiger charge is 2.03. The fraction of sp³-hybridized carbons (Fsp3) is 0.625. The van der Waals surface area contributed by atoms with Crippen molar-refractivity contribution in [3.8, 4) is 0 Å². The third-order valence-corrected chi connectivity index (χ3v) is 4.04. The Morgan fingerprint density at radius 3 is 2.92 bits per heavy atom. The number of rotatable bonds is 9. The van der Waals surface area contributed by atoms with Crippen molar-refractivity contribution in [3.05, 3.63) is 23.5 Å². The molecule has 2 N–H and O–H groups in total. The molecule has 0 bridgehead atoms. The quantitative estimate of drug-likeness (QED) is 0.259. The number of ether oxygens (including phenoxy) is 1. The molecule has 0 unspecified atom stereocenters. The zero-order chi connectivity index (χ0) is 16.5. The van der Waals surface area contributed by atoms with E-state index in [4.69, 9.17) is 4.74 Å². The lowest BCUT2D eigenvalue weighted by molar-refractivity contribution is 0.128. The van der Waals surface area contributed by atoms with E-state index in [1.807, 2.05) is 22.2 Å². The van der Waals surface area contributed by atoms with Gasteiger partial charge in [-0.2, -0.15) is 0 Å². The predicted molar refractivity (Wildman–Crippen MR) is 112 cm³/mol. The molecule has 8 heteroatoms. The van der Waals surface area contributed by atoms with Crippen molar-refractivity contribution in [1.29, 1.82) is 0 Å². The van der Waals surface area contributed by atoms with Gasteiger partial charge in [-0.25, -0.2) is 9.98 Å². The van der Waals surface area contributed by atoms with Crippen LogP contribution in [-0.2, 0) is 11.3 Å². The number of fused-ring (bicyclic) bond motifs is 1. The third kappa shape index (κ3) is 7.35. The Labute approximate surface area is 165 Å². The summed E-state index contributed by atoms with van der Waals surface area (Å²) >= 11 is 1.63. The number of nitrogens with zero attached hydrogens (tertiary/aromatic N) is 3. The molecule has 2 aromatic rings. The van der Waals surface area contributed by atoms with Gasteiger partial charge in [0.1, 0.15) is 0 Å². The fourth-order valence-corrected chi connectivity index (χ4v) is 2.74. The number of halogens is 1. The molecule has 0 atom stereocenters. The maximum Gasteiger partial charge on any atom is 0.193 e. The Kier molecular flexibility index (Phi) is 10.3. The van der Waals surface area contributed by atoms with E-state index in [0.29, 0.717) is 19.1 Å². The molecule has 0 saturated heterocycles. The molecule has 6 nitrogen and oxygen atoms in total. The van der Waals surface area contributed by atoms with Gasteiger partial charge in [-0.05, 0) is 19.3 Å². The smallest absolute Gasteiger partial charge is 0.193 e. The number of aromatic nitrogens is 2. The average Bonchev–Trinajstić information content (AvgIpc) is 3.09. The Morgan fingerprint density at radius 2 is 2.21 bits per heavy atom. The Hall–Kier alpha value is -0.870. The molecule has 0 aliphatic carbocycles. The first-order chi connectivity index (χ1) is 11.2. The van der Waals surface area contributed by atoms with Crippen LogP contribution in [0.5, 0.6) is 0 Å². The topological polar surface area (TPSA) is 63.0 Å². The standard InChI is InChI=1S/C16H27N5OS.HI/c1-4-17-15(18-6-9-22-8-5-13(2)3)19-11-14-12-21-7-10-23-16(21)20-14;/h7,10,12-13H,4-6,8-9,11H2,1-3H3,(H2,17,18,19);1H. The van der Waals surface area contributed by atoms with E-state index in [-0.39, 0.29) is 24.0 Å². The van der Waals surface area contributed by atoms with Crippen LogP contribution in [0.4, 0.5) is 0 Å². The first kappa shape index (κ1) is 21.2. The van der Waals surface area contributed by atoms with Crippen LogP contribution in [0.25, 0.3) is 4.96 Å². The zero-order valence-corrected chi connectivity index (χ0v) is 17.8. The molecule has 2 heterocycles. The average molecular weight is 465 g/mol. The van der Waals surface area contributed by atoms with Crippen LogP contribution in [0.3, 0.4) is 0 Å². The second-order valence-corrected chi connectivity index (χ2v) is 6.61. The van der Waals surface area contributed by atoms with Gasteiger partial charge in [-0.3, -0.25) is 4.40 Å². The maximum atomic E-state index is 5.61. The van der Waals surface area contributed by atoms with Crippen LogP contribution in [0.1, 0.15) is 32.9 Å². The van der Waals surface area contributed by atoms with Crippen LogP contribution >= 0.6 is 35.3 Å². The third-order valence-electron chi connectivity index (χ3n) is 3.26. The summed E-state index contributed by atoms with van der Waals surface area (Å²) in [6.07, 6.45) is 5.14. The molecule has 0 saturated carbocycles. The van der Waals surface area contributed by atoms with Crippen LogP contribution in [0.15, 0.2) is 22.8 Å². The lowest BCUT2D eigenvalue weighted by Gasteiger charge is -2.11. The monoisotopic (exact) mass is 465 g/mol. The minimum atomic E-state index is 0. The van der Waals surface area contributed by atoms with Gasteiger partial charge in [-0.1, -0.05) is 13.8 Å². The van der Waals surface area contributed by atoms with Gasteiger partial charge in [0.2, 0.25) is 0 Å². The summed E-state index contributed by atoms with van der Waals surface area (Å²) in [5.74, 6) is 1.49. The van der Waals surface area contributed by atoms with Gasteiger partial charge >= 0.3 is 0 Å². The summed E-state index contributed by atoms with van der Waals surface area (Å²) in [4.78, 5) is 10.1. The predicted octanol–water partition coefficient (Wildman–Crippen LogP) is 3.13. The van der Waals surface area contributed by atoms with Gasteiger partial charge in [0, 0.05) is 37.5 Å². The molecule has 0 radical (unpaired) electrons. The number of aliphatic imine (C=N–C) groups is 1. The lowest BCUT2D eigenvalue weighted by Crippen LogP contribution is -2.39. The van der Waals surface area contributed by atoms with Crippen LogP contribution in [0.2, 0.25) is 0 Å². The van der Waals surface area contributed by atoms with Gasteiger partial charge in [0.25, 0.3) is 0 Å². The van der Waals surface area contributed by atoms with Crippen molar-refractivity contribution in [2.45, 2.75) is 33.7 Å². The van der Waals surface area contributed by atoms with E-state index in [1.54, 1.807) is 11.3 Å². The van der Waals surface area contributed by atoms with Crippen LogP contribution in [0, 0.1) is 5.92 Å². The zero-order valence-electron chi connectivity index (χ0n) is 14.6. The molecule has 0 amide bonds. The van der Waals surface area contributed by atoms with Crippen LogP contribution < -0.4 is 10.6 Å². The van der Waals surface area contributed by atoms with E-state index < -0.39 is 0 Å². The number of guanidine groups is 1. The van der Waals surface area contributed by atoms with Crippen molar-refractivity contribution in [1.82, 2.24) is 20.0 Å². The van der Waals surface area contributed by atoms with E-state index in [9.17, 15) is 0 Å². The van der Waals surface area contributed by atoms with Gasteiger partial charge in [0.15, 0.2) is 10.9 Å². The normalized spacial score (nSPS) is 11.8. The summed E-state index contributed by atoms with van der Waals surface area (Å²) in [6.45, 7) is 10.1. The molecule has 136 valence electrons. The van der Waals surface area contributed by atoms with E-state index in [2.05, 4.69) is 41.4 Å². The van der Waals surface area contributed by atoms with E-state index >= 15 is 0 Å². The highest BCUT2D eigenvalue weighted by Crippen LogP contribution is 2.11. The second-order valence-electron chi connectivity index (χ2n) is 5.74. The largest absolute Gasteiger partial charge is 0.380 e. The maximum absolute atomic E-state index is 5.61. The summed E-state index contributed by atoms with van der Waals surface area (Å²) < 4.78 is 7.63. The molecule has 0 spiro atoms. The van der Waals surface area contributed by atoms with Crippen molar-refractivity contribution in [3.63, 3.8) is 0 Å². The molecular formula is C16H28IN5OS. The summed E-state index contributed by atoms with van der Waals surface area (Å²) in [6, 6.07) is 0. The first-order valence-electron chi connectivity index (χ1n) is 8.20. The van der Waals surface area contributed by atoms with Crippen molar-refractivity contribution in [2.75, 3.05) is 26.3 Å². The first-order valence-corrected chi connectivity index (χ1v) is 9.08. The molecule has 0 aromatic carbocycles. The fourth-order valence-electron chi connectivity index (χ4n) is 2.02. The van der Waals surface area contributed by atoms with Gasteiger partial charge in [-0.15, -0.1) is 35.3 Å². The molecule has 0 aliphatic heterocycles. The molecular weight excluding hydrogens is 437 g/mol. The Balaban J connectivity index is 0.00000288. The van der Waals surface area contributed by atoms with Crippen LogP contribution in [-0.4, -0.2) is 41.6 Å². The van der Waals surface area contributed by atoms with E-state index in [1.165, 1.54) is 0 Å². The summed E-state index contributed by atoms with van der Waals surface area (Å²) in [7, 11) is 0. The number of hydrogen-bond acceptors (Lipinski definition) is 4. The van der Waals surface area contributed by atoms with E-state index in [0.717, 1.165) is 42.7 Å². The number of hydrogen-bond donors (Lipinski definition) is 2. The minimum absolute atomic E-state index is 0. The Bertz CT molecular complexity index is 582. The number of nitrogens with one attached hydrogen (secondary N) is 2. The van der Waals surface area contributed by atoms with Crippen molar-refractivity contribution >= 4 is 46.2 Å². The SMILES string of the molecule is CCNC(=NCc1cn2ccsc2n1)NCCOCCC(C)C.I. The second kappa shape index (κ2) is 11.6. The molecule has 2 rings (SSSR count). The summed E-state index contributed by atoms with van der Waals surface area (Å²) in [5.41, 5.74) is 0.974. The highest BCUT2D eigenvalue weighted by atomic mass is 127. The van der Waals surface area contributed by atoms with Crippen molar-refractivity contribution < 1.29 is 4.74 Å². The molecule has 0 fully saturated rings. The van der Waals surface area contributed by atoms with Gasteiger partial charge < -0.3 is 15.4 Å². The van der Waals surface area contributed by atoms with Crippen molar-refractivity contribution in [2.24, 2.45) is 10.9 Å². The lowest BCUT2D eigenvalue weighted by atomic mass is 10.1. The molecule has 24 heavy (non-hydrogen) atoms. The molecule has 2 aromatic heterocycles. The summed E-state index contributed by atoms with van der Waals surface area (Å²) in [5, 5.41) is 8.56. The number of imidazole rings is 1. The minimum Gasteiger partial charge on any atom is -0.380 e. The highest BCUT2D eigenvalue weighted by molar-refractivity contribution is 14.0. The van der Waals surface area contributed by atoms with Gasteiger partial charge in [0.05, 0.1) is 18.8 Å². The number of thiazole rings is 1. The Morgan fingerprint density at radius 1 is 1.38 bits per heavy atom.